The lowest BCUT2D eigenvalue weighted by molar-refractivity contribution is -0.138. The molecule has 0 aromatic carbocycles. The van der Waals surface area contributed by atoms with Gasteiger partial charge < -0.3 is 22.8 Å². The molecule has 136 valence electrons. The van der Waals surface area contributed by atoms with Crippen molar-refractivity contribution in [2.45, 2.75) is 33.6 Å². The molecule has 7 nitrogen and oxygen atoms in total. The second kappa shape index (κ2) is 14.1. The molecule has 0 rings (SSSR count). The van der Waals surface area contributed by atoms with Crippen LogP contribution in [0.4, 0.5) is 4.70 Å². The first kappa shape index (κ1) is 26.3. The number of allylic oxidation sites excluding steroid dienone is 1. The molecule has 0 heterocycles. The molecule has 0 saturated carbocycles. The standard InChI is InChI=1S/C10H20O5Si.C4H6O2.FH/c1-6-7-8-9(2)10(11)15-16(12-3,13-4)14-5;1-3(2)4(5)6;/h8H,6-7H2,1-5H3;1H2,2H3,(H,5,6);1H. The number of halogens is 1. The van der Waals surface area contributed by atoms with Crippen molar-refractivity contribution in [2.75, 3.05) is 21.3 Å². The molecule has 0 radical (unpaired) electrons. The van der Waals surface area contributed by atoms with Crippen LogP contribution in [-0.4, -0.2) is 47.4 Å². The lowest BCUT2D eigenvalue weighted by Gasteiger charge is -2.22. The summed E-state index contributed by atoms with van der Waals surface area (Å²) in [7, 11) is 0.887. The maximum atomic E-state index is 11.6. The summed E-state index contributed by atoms with van der Waals surface area (Å²) in [4.78, 5) is 21.2. The van der Waals surface area contributed by atoms with Gasteiger partial charge in [-0.05, 0) is 20.3 Å². The van der Waals surface area contributed by atoms with Crippen molar-refractivity contribution in [3.8, 4) is 0 Å². The molecule has 0 aliphatic rings. The van der Waals surface area contributed by atoms with Gasteiger partial charge in [-0.2, -0.15) is 0 Å². The molecule has 0 amide bonds. The summed E-state index contributed by atoms with van der Waals surface area (Å²) in [6.07, 6.45) is 3.64. The molecular formula is C14H27FO7Si. The quantitative estimate of drug-likeness (QED) is 0.529. The average Bonchev–Trinajstić information content (AvgIpc) is 2.50. The smallest absolute Gasteiger partial charge is 0.478 e. The first-order chi connectivity index (χ1) is 10.2. The molecule has 23 heavy (non-hydrogen) atoms. The van der Waals surface area contributed by atoms with Crippen molar-refractivity contribution in [3.63, 3.8) is 0 Å². The Hall–Kier alpha value is -1.55. The van der Waals surface area contributed by atoms with E-state index in [9.17, 15) is 9.59 Å². The number of aliphatic carboxylic acids is 1. The fourth-order valence-electron chi connectivity index (χ4n) is 1.01. The molecule has 0 aliphatic heterocycles. The van der Waals surface area contributed by atoms with Gasteiger partial charge in [0.05, 0.1) is 0 Å². The molecule has 0 atom stereocenters. The highest BCUT2D eigenvalue weighted by atomic mass is 28.4. The van der Waals surface area contributed by atoms with E-state index < -0.39 is 21.0 Å². The van der Waals surface area contributed by atoms with Crippen LogP contribution in [0.25, 0.3) is 0 Å². The Morgan fingerprint density at radius 2 is 1.52 bits per heavy atom. The van der Waals surface area contributed by atoms with Gasteiger partial charge in [0, 0.05) is 32.5 Å². The number of carbonyl (C=O) groups is 2. The van der Waals surface area contributed by atoms with Crippen LogP contribution >= 0.6 is 0 Å². The molecule has 0 aromatic rings. The summed E-state index contributed by atoms with van der Waals surface area (Å²) in [5, 5.41) is 7.89. The van der Waals surface area contributed by atoms with E-state index in [1.54, 1.807) is 6.92 Å². The highest BCUT2D eigenvalue weighted by molar-refractivity contribution is 6.55. The summed E-state index contributed by atoms with van der Waals surface area (Å²) in [5.74, 6) is -1.40. The van der Waals surface area contributed by atoms with Crippen molar-refractivity contribution in [2.24, 2.45) is 0 Å². The first-order valence-electron chi connectivity index (χ1n) is 6.63. The molecule has 0 unspecified atom stereocenters. The molecule has 1 N–H and O–H groups in total. The van der Waals surface area contributed by atoms with Gasteiger partial charge in [-0.3, -0.25) is 4.70 Å². The van der Waals surface area contributed by atoms with Crippen LogP contribution in [0.5, 0.6) is 0 Å². The summed E-state index contributed by atoms with van der Waals surface area (Å²) >= 11 is 0. The molecule has 0 bridgehead atoms. The van der Waals surface area contributed by atoms with Gasteiger partial charge in [-0.1, -0.05) is 26.0 Å². The Labute approximate surface area is 137 Å². The highest BCUT2D eigenvalue weighted by Crippen LogP contribution is 2.11. The first-order valence-corrected chi connectivity index (χ1v) is 8.27. The number of carboxylic acids is 1. The molecule has 0 fully saturated rings. The van der Waals surface area contributed by atoms with Gasteiger partial charge in [-0.25, -0.2) is 9.59 Å². The third-order valence-corrected chi connectivity index (χ3v) is 4.33. The second-order valence-corrected chi connectivity index (χ2v) is 6.69. The third-order valence-electron chi connectivity index (χ3n) is 2.39. The number of rotatable bonds is 8. The zero-order valence-electron chi connectivity index (χ0n) is 14.5. The van der Waals surface area contributed by atoms with E-state index in [-0.39, 0.29) is 10.3 Å². The molecular weight excluding hydrogens is 327 g/mol. The van der Waals surface area contributed by atoms with Crippen molar-refractivity contribution in [3.05, 3.63) is 23.8 Å². The van der Waals surface area contributed by atoms with E-state index in [0.717, 1.165) is 12.8 Å². The fraction of sp³-hybridized carbons (Fsp3) is 0.571. The minimum absolute atomic E-state index is 0. The number of carbonyl (C=O) groups excluding carboxylic acids is 1. The van der Waals surface area contributed by atoms with Crippen LogP contribution < -0.4 is 0 Å². The zero-order chi connectivity index (χ0) is 17.8. The number of carboxylic acid groups (broad SMARTS) is 1. The highest BCUT2D eigenvalue weighted by Gasteiger charge is 2.47. The van der Waals surface area contributed by atoms with E-state index >= 15 is 0 Å². The Balaban J connectivity index is -0.000000487. The lowest BCUT2D eigenvalue weighted by Crippen LogP contribution is -2.48. The Kier molecular flexibility index (Phi) is 16.1. The van der Waals surface area contributed by atoms with Gasteiger partial charge >= 0.3 is 21.0 Å². The predicted octanol–water partition coefficient (Wildman–Crippen LogP) is 2.45. The number of hydrogen-bond acceptors (Lipinski definition) is 6. The average molecular weight is 354 g/mol. The molecule has 0 spiro atoms. The van der Waals surface area contributed by atoms with E-state index in [2.05, 4.69) is 6.58 Å². The Morgan fingerprint density at radius 1 is 1.13 bits per heavy atom. The monoisotopic (exact) mass is 354 g/mol. The largest absolute Gasteiger partial charge is 0.751 e. The van der Waals surface area contributed by atoms with E-state index in [1.165, 1.54) is 28.3 Å². The SMILES string of the molecule is C=C(C)C(=O)O.CCCC=C(C)C(=O)O[Si](OC)(OC)OC.F. The van der Waals surface area contributed by atoms with Crippen LogP contribution in [0.2, 0.25) is 0 Å². The molecule has 9 heteroatoms. The van der Waals surface area contributed by atoms with Crippen molar-refractivity contribution in [1.29, 1.82) is 0 Å². The number of hydrogen-bond donors (Lipinski definition) is 1. The summed E-state index contributed by atoms with van der Waals surface area (Å²) < 4.78 is 20.1. The molecule has 0 saturated heterocycles. The maximum Gasteiger partial charge on any atom is 0.751 e. The predicted molar refractivity (Wildman–Crippen MR) is 86.5 cm³/mol. The number of unbranched alkanes of at least 4 members (excludes halogenated alkanes) is 1. The summed E-state index contributed by atoms with van der Waals surface area (Å²) in [6, 6.07) is 0. The van der Waals surface area contributed by atoms with Crippen LogP contribution in [0.15, 0.2) is 23.8 Å². The van der Waals surface area contributed by atoms with Gasteiger partial charge in [0.2, 0.25) is 0 Å². The van der Waals surface area contributed by atoms with Crippen molar-refractivity contribution < 1.29 is 37.1 Å². The summed E-state index contributed by atoms with van der Waals surface area (Å²) in [5.41, 5.74) is 0.708. The van der Waals surface area contributed by atoms with Crippen LogP contribution in [0, 0.1) is 0 Å². The van der Waals surface area contributed by atoms with Crippen LogP contribution in [0.1, 0.15) is 33.6 Å². The van der Waals surface area contributed by atoms with Gasteiger partial charge in [0.25, 0.3) is 0 Å². The minimum atomic E-state index is -3.27. The van der Waals surface area contributed by atoms with E-state index in [1.807, 2.05) is 13.0 Å². The van der Waals surface area contributed by atoms with Crippen LogP contribution in [0.3, 0.4) is 0 Å². The second-order valence-electron chi connectivity index (χ2n) is 4.26. The van der Waals surface area contributed by atoms with Gasteiger partial charge in [0.15, 0.2) is 0 Å². The van der Waals surface area contributed by atoms with Crippen molar-refractivity contribution >= 4 is 21.0 Å². The van der Waals surface area contributed by atoms with Gasteiger partial charge in [0.1, 0.15) is 0 Å². The Morgan fingerprint density at radius 3 is 1.78 bits per heavy atom. The maximum absolute atomic E-state index is 11.6. The molecule has 0 aliphatic carbocycles. The van der Waals surface area contributed by atoms with Crippen molar-refractivity contribution in [1.82, 2.24) is 0 Å². The minimum Gasteiger partial charge on any atom is -0.478 e. The third kappa shape index (κ3) is 11.6. The van der Waals surface area contributed by atoms with Crippen LogP contribution in [-0.2, 0) is 27.3 Å². The lowest BCUT2D eigenvalue weighted by atomic mass is 10.2. The van der Waals surface area contributed by atoms with E-state index in [4.69, 9.17) is 22.8 Å². The normalized spacial score (nSPS) is 10.8. The molecule has 0 aromatic heterocycles. The topological polar surface area (TPSA) is 91.3 Å². The van der Waals surface area contributed by atoms with Gasteiger partial charge in [-0.15, -0.1) is 0 Å². The fourth-order valence-corrected chi connectivity index (χ4v) is 2.15. The summed E-state index contributed by atoms with van der Waals surface area (Å²) in [6.45, 7) is 8.33. The van der Waals surface area contributed by atoms with E-state index in [0.29, 0.717) is 5.57 Å². The Bertz CT molecular complexity index is 386. The zero-order valence-corrected chi connectivity index (χ0v) is 15.5.